The summed E-state index contributed by atoms with van der Waals surface area (Å²) in [6.45, 7) is 5.83. The van der Waals surface area contributed by atoms with Gasteiger partial charge in [0, 0.05) is 12.4 Å². The Hall–Kier alpha value is -1.38. The molecule has 1 rings (SSSR count). The number of rotatable bonds is 5. The fraction of sp³-hybridized carbons (Fsp3) is 0.538. The first-order chi connectivity index (χ1) is 7.54. The summed E-state index contributed by atoms with van der Waals surface area (Å²) in [5, 5.41) is 9.33. The largest absolute Gasteiger partial charge is 0.481 e. The van der Waals surface area contributed by atoms with Gasteiger partial charge in [-0.2, -0.15) is 0 Å². The fourth-order valence-electron chi connectivity index (χ4n) is 1.98. The molecule has 1 aromatic heterocycles. The van der Waals surface area contributed by atoms with Gasteiger partial charge in [-0.25, -0.2) is 0 Å². The summed E-state index contributed by atoms with van der Waals surface area (Å²) in [6.07, 6.45) is 5.39. The molecule has 0 radical (unpaired) electrons. The Morgan fingerprint density at radius 1 is 1.38 bits per heavy atom. The number of aliphatic carboxylic acids is 1. The number of aromatic nitrogens is 1. The van der Waals surface area contributed by atoms with Crippen LogP contribution in [0.3, 0.4) is 0 Å². The van der Waals surface area contributed by atoms with E-state index in [-0.39, 0.29) is 0 Å². The van der Waals surface area contributed by atoms with E-state index in [4.69, 9.17) is 0 Å². The van der Waals surface area contributed by atoms with Crippen LogP contribution in [0.5, 0.6) is 0 Å². The van der Waals surface area contributed by atoms with Gasteiger partial charge in [0.2, 0.25) is 0 Å². The van der Waals surface area contributed by atoms with E-state index in [9.17, 15) is 9.90 Å². The molecule has 0 saturated carbocycles. The zero-order valence-electron chi connectivity index (χ0n) is 10.2. The lowest BCUT2D eigenvalue weighted by Gasteiger charge is -2.26. The van der Waals surface area contributed by atoms with E-state index in [1.807, 2.05) is 26.8 Å². The first-order valence-corrected chi connectivity index (χ1v) is 5.68. The summed E-state index contributed by atoms with van der Waals surface area (Å²) < 4.78 is 0. The SMILES string of the molecule is CCC(CC)(Cc1cncc(C)c1)C(=O)O. The van der Waals surface area contributed by atoms with Gasteiger partial charge in [0.1, 0.15) is 0 Å². The Labute approximate surface area is 96.5 Å². The van der Waals surface area contributed by atoms with Gasteiger partial charge in [0.15, 0.2) is 0 Å². The lowest BCUT2D eigenvalue weighted by Crippen LogP contribution is -2.32. The first kappa shape index (κ1) is 12.7. The van der Waals surface area contributed by atoms with Crippen molar-refractivity contribution >= 4 is 5.97 Å². The van der Waals surface area contributed by atoms with Crippen LogP contribution in [0.2, 0.25) is 0 Å². The predicted octanol–water partition coefficient (Wildman–Crippen LogP) is 2.82. The summed E-state index contributed by atoms with van der Waals surface area (Å²) in [6, 6.07) is 2.01. The van der Waals surface area contributed by atoms with E-state index < -0.39 is 11.4 Å². The monoisotopic (exact) mass is 221 g/mol. The van der Waals surface area contributed by atoms with Crippen molar-refractivity contribution in [3.63, 3.8) is 0 Å². The maximum Gasteiger partial charge on any atom is 0.309 e. The Morgan fingerprint density at radius 3 is 2.44 bits per heavy atom. The van der Waals surface area contributed by atoms with Crippen molar-refractivity contribution in [3.05, 3.63) is 29.6 Å². The van der Waals surface area contributed by atoms with E-state index in [0.29, 0.717) is 19.3 Å². The zero-order chi connectivity index (χ0) is 12.2. The molecular formula is C13H19NO2. The number of pyridine rings is 1. The van der Waals surface area contributed by atoms with Crippen LogP contribution in [-0.4, -0.2) is 16.1 Å². The molecule has 0 aliphatic carbocycles. The van der Waals surface area contributed by atoms with Crippen LogP contribution >= 0.6 is 0 Å². The maximum atomic E-state index is 11.4. The van der Waals surface area contributed by atoms with Gasteiger partial charge < -0.3 is 5.11 Å². The Balaban J connectivity index is 2.96. The Bertz CT molecular complexity index is 370. The van der Waals surface area contributed by atoms with Crippen LogP contribution in [0.4, 0.5) is 0 Å². The second kappa shape index (κ2) is 5.10. The molecule has 0 fully saturated rings. The second-order valence-electron chi connectivity index (χ2n) is 4.34. The molecule has 0 aromatic carbocycles. The number of hydrogen-bond acceptors (Lipinski definition) is 2. The van der Waals surface area contributed by atoms with E-state index in [0.717, 1.165) is 11.1 Å². The van der Waals surface area contributed by atoms with Crippen LogP contribution in [0, 0.1) is 12.3 Å². The predicted molar refractivity (Wildman–Crippen MR) is 63.3 cm³/mol. The van der Waals surface area contributed by atoms with Crippen molar-refractivity contribution in [2.75, 3.05) is 0 Å². The highest BCUT2D eigenvalue weighted by Gasteiger charge is 2.34. The van der Waals surface area contributed by atoms with Crippen molar-refractivity contribution in [3.8, 4) is 0 Å². The number of carboxylic acids is 1. The van der Waals surface area contributed by atoms with Crippen molar-refractivity contribution in [2.45, 2.75) is 40.0 Å². The number of nitrogens with zero attached hydrogens (tertiary/aromatic N) is 1. The second-order valence-corrected chi connectivity index (χ2v) is 4.34. The third-order valence-corrected chi connectivity index (χ3v) is 3.28. The van der Waals surface area contributed by atoms with Crippen molar-refractivity contribution in [2.24, 2.45) is 5.41 Å². The summed E-state index contributed by atoms with van der Waals surface area (Å²) in [7, 11) is 0. The molecule has 0 atom stereocenters. The minimum atomic E-state index is -0.709. The first-order valence-electron chi connectivity index (χ1n) is 5.68. The number of hydrogen-bond donors (Lipinski definition) is 1. The standard InChI is InChI=1S/C13H19NO2/c1-4-13(5-2,12(15)16)7-11-6-10(3)8-14-9-11/h6,8-9H,4-5,7H2,1-3H3,(H,15,16). The lowest BCUT2D eigenvalue weighted by molar-refractivity contribution is -0.149. The highest BCUT2D eigenvalue weighted by molar-refractivity contribution is 5.75. The zero-order valence-corrected chi connectivity index (χ0v) is 10.2. The smallest absolute Gasteiger partial charge is 0.309 e. The molecule has 0 aliphatic rings. The van der Waals surface area contributed by atoms with Crippen LogP contribution in [-0.2, 0) is 11.2 Å². The van der Waals surface area contributed by atoms with E-state index in [1.54, 1.807) is 12.4 Å². The molecule has 1 N–H and O–H groups in total. The van der Waals surface area contributed by atoms with Crippen molar-refractivity contribution < 1.29 is 9.90 Å². The summed E-state index contributed by atoms with van der Waals surface area (Å²) in [5.41, 5.74) is 1.44. The molecule has 88 valence electrons. The third kappa shape index (κ3) is 2.60. The topological polar surface area (TPSA) is 50.2 Å². The highest BCUT2D eigenvalue weighted by atomic mass is 16.4. The maximum absolute atomic E-state index is 11.4. The molecule has 0 spiro atoms. The molecule has 0 bridgehead atoms. The molecule has 1 heterocycles. The summed E-state index contributed by atoms with van der Waals surface area (Å²) >= 11 is 0. The van der Waals surface area contributed by atoms with Gasteiger partial charge in [-0.15, -0.1) is 0 Å². The average molecular weight is 221 g/mol. The van der Waals surface area contributed by atoms with Gasteiger partial charge in [-0.3, -0.25) is 9.78 Å². The van der Waals surface area contributed by atoms with Crippen molar-refractivity contribution in [1.82, 2.24) is 4.98 Å². The van der Waals surface area contributed by atoms with Gasteiger partial charge in [-0.05, 0) is 37.3 Å². The molecule has 3 nitrogen and oxygen atoms in total. The molecular weight excluding hydrogens is 202 g/mol. The molecule has 16 heavy (non-hydrogen) atoms. The molecule has 0 aliphatic heterocycles. The lowest BCUT2D eigenvalue weighted by atomic mass is 9.77. The van der Waals surface area contributed by atoms with Crippen LogP contribution in [0.25, 0.3) is 0 Å². The number of carbonyl (C=O) groups is 1. The molecule has 1 aromatic rings. The van der Waals surface area contributed by atoms with E-state index in [1.165, 1.54) is 0 Å². The Kier molecular flexibility index (Phi) is 4.05. The minimum Gasteiger partial charge on any atom is -0.481 e. The minimum absolute atomic E-state index is 0.560. The molecule has 0 amide bonds. The van der Waals surface area contributed by atoms with Crippen LogP contribution < -0.4 is 0 Å². The number of carboxylic acid groups (broad SMARTS) is 1. The van der Waals surface area contributed by atoms with E-state index >= 15 is 0 Å². The normalized spacial score (nSPS) is 11.4. The van der Waals surface area contributed by atoms with Crippen LogP contribution in [0.1, 0.15) is 37.8 Å². The fourth-order valence-corrected chi connectivity index (χ4v) is 1.98. The third-order valence-electron chi connectivity index (χ3n) is 3.28. The molecule has 0 saturated heterocycles. The van der Waals surface area contributed by atoms with Gasteiger partial charge in [0.25, 0.3) is 0 Å². The average Bonchev–Trinajstić information content (AvgIpc) is 2.25. The van der Waals surface area contributed by atoms with Crippen LogP contribution in [0.15, 0.2) is 18.5 Å². The van der Waals surface area contributed by atoms with Gasteiger partial charge >= 0.3 is 5.97 Å². The molecule has 0 unspecified atom stereocenters. The highest BCUT2D eigenvalue weighted by Crippen LogP contribution is 2.31. The summed E-state index contributed by atoms with van der Waals surface area (Å²) in [4.78, 5) is 15.5. The molecule has 3 heteroatoms. The van der Waals surface area contributed by atoms with Crippen molar-refractivity contribution in [1.29, 1.82) is 0 Å². The summed E-state index contributed by atoms with van der Waals surface area (Å²) in [5.74, 6) is -0.709. The van der Waals surface area contributed by atoms with Gasteiger partial charge in [-0.1, -0.05) is 19.9 Å². The van der Waals surface area contributed by atoms with E-state index in [2.05, 4.69) is 4.98 Å². The van der Waals surface area contributed by atoms with Gasteiger partial charge in [0.05, 0.1) is 5.41 Å². The Morgan fingerprint density at radius 2 is 2.00 bits per heavy atom. The quantitative estimate of drug-likeness (QED) is 0.831. The number of aryl methyl sites for hydroxylation is 1.